The number of hydrogen-bond donors (Lipinski definition) is 0. The monoisotopic (exact) mass is 178 g/mol. The summed E-state index contributed by atoms with van der Waals surface area (Å²) in [5.41, 5.74) is 0. The third kappa shape index (κ3) is 0.969. The molecular formula is C12H18O. The molecule has 0 aromatic rings. The first-order chi connectivity index (χ1) is 6.27. The maximum absolute atomic E-state index is 5.95. The zero-order chi connectivity index (χ0) is 9.00. The lowest BCUT2D eigenvalue weighted by molar-refractivity contribution is 0.0977. The van der Waals surface area contributed by atoms with Crippen molar-refractivity contribution in [2.75, 3.05) is 0 Å². The van der Waals surface area contributed by atoms with Crippen molar-refractivity contribution in [2.45, 2.75) is 38.9 Å². The maximum Gasteiger partial charge on any atom is 0.0799 e. The average molecular weight is 178 g/mol. The molecule has 2 heterocycles. The summed E-state index contributed by atoms with van der Waals surface area (Å²) >= 11 is 0. The second-order valence-corrected chi connectivity index (χ2v) is 5.14. The molecule has 0 N–H and O–H groups in total. The van der Waals surface area contributed by atoms with Crippen molar-refractivity contribution in [3.63, 3.8) is 0 Å². The third-order valence-corrected chi connectivity index (χ3v) is 4.40. The van der Waals surface area contributed by atoms with E-state index in [1.165, 1.54) is 12.8 Å². The Kier molecular flexibility index (Phi) is 1.61. The highest BCUT2D eigenvalue weighted by atomic mass is 16.5. The molecule has 6 atom stereocenters. The van der Waals surface area contributed by atoms with Crippen LogP contribution in [0.2, 0.25) is 0 Å². The molecule has 0 spiro atoms. The summed E-state index contributed by atoms with van der Waals surface area (Å²) in [5.74, 6) is 3.42. The zero-order valence-electron chi connectivity index (χ0n) is 8.44. The Morgan fingerprint density at radius 2 is 1.38 bits per heavy atom. The van der Waals surface area contributed by atoms with Crippen molar-refractivity contribution in [3.8, 4) is 0 Å². The topological polar surface area (TPSA) is 9.23 Å². The van der Waals surface area contributed by atoms with E-state index in [1.807, 2.05) is 0 Å². The Morgan fingerprint density at radius 1 is 0.923 bits per heavy atom. The highest BCUT2D eigenvalue weighted by Gasteiger charge is 2.51. The molecule has 6 unspecified atom stereocenters. The molecule has 2 bridgehead atoms. The first-order valence-corrected chi connectivity index (χ1v) is 5.61. The first kappa shape index (κ1) is 8.05. The van der Waals surface area contributed by atoms with E-state index in [2.05, 4.69) is 26.0 Å². The van der Waals surface area contributed by atoms with Gasteiger partial charge in [-0.25, -0.2) is 0 Å². The van der Waals surface area contributed by atoms with Crippen molar-refractivity contribution in [1.82, 2.24) is 0 Å². The van der Waals surface area contributed by atoms with E-state index in [0.717, 1.165) is 23.7 Å². The van der Waals surface area contributed by atoms with E-state index in [-0.39, 0.29) is 0 Å². The minimum atomic E-state index is 0.466. The van der Waals surface area contributed by atoms with Crippen molar-refractivity contribution in [3.05, 3.63) is 12.2 Å². The van der Waals surface area contributed by atoms with Gasteiger partial charge >= 0.3 is 0 Å². The lowest BCUT2D eigenvalue weighted by Gasteiger charge is -2.39. The van der Waals surface area contributed by atoms with Crippen LogP contribution in [0.3, 0.4) is 0 Å². The smallest absolute Gasteiger partial charge is 0.0799 e. The molecule has 2 fully saturated rings. The second-order valence-electron chi connectivity index (χ2n) is 5.14. The highest BCUT2D eigenvalue weighted by molar-refractivity contribution is 5.16. The Balaban J connectivity index is 1.94. The quantitative estimate of drug-likeness (QED) is 0.518. The van der Waals surface area contributed by atoms with Crippen LogP contribution in [0.5, 0.6) is 0 Å². The molecule has 3 rings (SSSR count). The molecule has 1 nitrogen and oxygen atoms in total. The van der Waals surface area contributed by atoms with Gasteiger partial charge < -0.3 is 4.74 Å². The molecule has 2 aliphatic heterocycles. The second kappa shape index (κ2) is 2.60. The summed E-state index contributed by atoms with van der Waals surface area (Å²) in [4.78, 5) is 0. The SMILES string of the molecule is CC1CCC(C)C2C3C=CC(O3)C12. The molecule has 0 aromatic heterocycles. The maximum atomic E-state index is 5.95. The largest absolute Gasteiger partial charge is 0.366 e. The number of fused-ring (bicyclic) bond motifs is 5. The van der Waals surface area contributed by atoms with Crippen LogP contribution in [0.25, 0.3) is 0 Å². The Bertz CT molecular complexity index is 222. The minimum absolute atomic E-state index is 0.466. The normalized spacial score (nSPS) is 58.3. The molecule has 13 heavy (non-hydrogen) atoms. The molecule has 0 amide bonds. The van der Waals surface area contributed by atoms with Crippen LogP contribution >= 0.6 is 0 Å². The summed E-state index contributed by atoms with van der Waals surface area (Å²) in [7, 11) is 0. The molecule has 1 saturated heterocycles. The lowest BCUT2D eigenvalue weighted by Crippen LogP contribution is -2.37. The molecule has 1 heteroatoms. The average Bonchev–Trinajstić information content (AvgIpc) is 2.70. The van der Waals surface area contributed by atoms with Gasteiger partial charge in [0.25, 0.3) is 0 Å². The molecule has 0 aromatic carbocycles. The van der Waals surface area contributed by atoms with Gasteiger partial charge in [-0.2, -0.15) is 0 Å². The number of ether oxygens (including phenoxy) is 1. The van der Waals surface area contributed by atoms with E-state index in [1.54, 1.807) is 0 Å². The van der Waals surface area contributed by atoms with Crippen LogP contribution in [-0.4, -0.2) is 12.2 Å². The summed E-state index contributed by atoms with van der Waals surface area (Å²) in [6.45, 7) is 4.81. The van der Waals surface area contributed by atoms with Gasteiger partial charge in [0, 0.05) is 0 Å². The Morgan fingerprint density at radius 3 is 1.85 bits per heavy atom. The van der Waals surface area contributed by atoms with Gasteiger partial charge in [-0.3, -0.25) is 0 Å². The van der Waals surface area contributed by atoms with Gasteiger partial charge in [-0.1, -0.05) is 38.8 Å². The fourth-order valence-electron chi connectivity index (χ4n) is 3.68. The third-order valence-electron chi connectivity index (χ3n) is 4.40. The zero-order valence-corrected chi connectivity index (χ0v) is 8.44. The molecule has 1 aliphatic carbocycles. The minimum Gasteiger partial charge on any atom is -0.366 e. The van der Waals surface area contributed by atoms with Gasteiger partial charge in [0.15, 0.2) is 0 Å². The summed E-state index contributed by atoms with van der Waals surface area (Å²) < 4.78 is 5.95. The van der Waals surface area contributed by atoms with Crippen LogP contribution in [0, 0.1) is 23.7 Å². The van der Waals surface area contributed by atoms with E-state index >= 15 is 0 Å². The van der Waals surface area contributed by atoms with Crippen molar-refractivity contribution >= 4 is 0 Å². The molecule has 72 valence electrons. The summed E-state index contributed by atoms with van der Waals surface area (Å²) in [6, 6.07) is 0. The van der Waals surface area contributed by atoms with E-state index in [4.69, 9.17) is 4.74 Å². The fourth-order valence-corrected chi connectivity index (χ4v) is 3.68. The van der Waals surface area contributed by atoms with E-state index in [0.29, 0.717) is 12.2 Å². The van der Waals surface area contributed by atoms with Crippen LogP contribution in [-0.2, 0) is 4.74 Å². The fraction of sp³-hybridized carbons (Fsp3) is 0.833. The van der Waals surface area contributed by atoms with Gasteiger partial charge in [0.05, 0.1) is 12.2 Å². The van der Waals surface area contributed by atoms with Crippen molar-refractivity contribution in [2.24, 2.45) is 23.7 Å². The highest BCUT2D eigenvalue weighted by Crippen LogP contribution is 2.51. The Labute approximate surface area is 80.2 Å². The number of hydrogen-bond acceptors (Lipinski definition) is 1. The Hall–Kier alpha value is -0.300. The van der Waals surface area contributed by atoms with Crippen LogP contribution in [0.4, 0.5) is 0 Å². The van der Waals surface area contributed by atoms with Crippen LogP contribution in [0.1, 0.15) is 26.7 Å². The summed E-state index contributed by atoms with van der Waals surface area (Å²) in [5, 5.41) is 0. The molecule has 3 aliphatic rings. The molecule has 0 radical (unpaired) electrons. The predicted molar refractivity (Wildman–Crippen MR) is 52.3 cm³/mol. The summed E-state index contributed by atoms with van der Waals surface area (Å²) in [6.07, 6.45) is 8.33. The van der Waals surface area contributed by atoms with Gasteiger partial charge in [0.1, 0.15) is 0 Å². The molecule has 1 saturated carbocycles. The predicted octanol–water partition coefficient (Wildman–Crippen LogP) is 2.62. The van der Waals surface area contributed by atoms with Crippen molar-refractivity contribution < 1.29 is 4.74 Å². The first-order valence-electron chi connectivity index (χ1n) is 5.61. The van der Waals surface area contributed by atoms with Gasteiger partial charge in [-0.05, 0) is 23.7 Å². The van der Waals surface area contributed by atoms with E-state index < -0.39 is 0 Å². The lowest BCUT2D eigenvalue weighted by atomic mass is 9.64. The van der Waals surface area contributed by atoms with Crippen molar-refractivity contribution in [1.29, 1.82) is 0 Å². The van der Waals surface area contributed by atoms with Crippen LogP contribution < -0.4 is 0 Å². The van der Waals surface area contributed by atoms with Crippen LogP contribution in [0.15, 0.2) is 12.2 Å². The molecular weight excluding hydrogens is 160 g/mol. The number of rotatable bonds is 0. The van der Waals surface area contributed by atoms with Gasteiger partial charge in [0.2, 0.25) is 0 Å². The van der Waals surface area contributed by atoms with Gasteiger partial charge in [-0.15, -0.1) is 0 Å². The standard InChI is InChI=1S/C12H18O/c1-7-3-4-8(2)12-10-6-5-9(13-10)11(7)12/h5-12H,3-4H2,1-2H3. The van der Waals surface area contributed by atoms with E-state index in [9.17, 15) is 0 Å².